The summed E-state index contributed by atoms with van der Waals surface area (Å²) >= 11 is 0. The predicted octanol–water partition coefficient (Wildman–Crippen LogP) is 3.13. The smallest absolute Gasteiger partial charge is 0.229 e. The van der Waals surface area contributed by atoms with Gasteiger partial charge in [-0.2, -0.15) is 4.98 Å². The molecule has 20 heavy (non-hydrogen) atoms. The first-order valence-corrected chi connectivity index (χ1v) is 6.71. The van der Waals surface area contributed by atoms with Gasteiger partial charge in [-0.15, -0.1) is 0 Å². The fraction of sp³-hybridized carbons (Fsp3) is 0.467. The Hall–Kier alpha value is -1.88. The van der Waals surface area contributed by atoms with Gasteiger partial charge in [-0.05, 0) is 25.5 Å². The van der Waals surface area contributed by atoms with E-state index in [1.54, 1.807) is 6.92 Å². The molecule has 2 aromatic rings. The Morgan fingerprint density at radius 1 is 1.30 bits per heavy atom. The monoisotopic (exact) mass is 276 g/mol. The second kappa shape index (κ2) is 6.05. The lowest BCUT2D eigenvalue weighted by Crippen LogP contribution is -2.03. The molecule has 5 heteroatoms. The Morgan fingerprint density at radius 2 is 2.05 bits per heavy atom. The van der Waals surface area contributed by atoms with Crippen LogP contribution in [0.3, 0.4) is 0 Å². The zero-order chi connectivity index (χ0) is 14.7. The topological polar surface area (TPSA) is 68.4 Å². The molecule has 0 aliphatic rings. The minimum Gasteiger partial charge on any atom is -0.485 e. The van der Waals surface area contributed by atoms with E-state index >= 15 is 0 Å². The first kappa shape index (κ1) is 14.5. The fourth-order valence-electron chi connectivity index (χ4n) is 1.81. The van der Waals surface area contributed by atoms with Crippen LogP contribution in [0.15, 0.2) is 22.7 Å². The maximum atomic E-state index is 9.74. The molecule has 0 fully saturated rings. The number of aromatic nitrogens is 2. The number of aliphatic hydroxyl groups excluding tert-OH is 1. The highest BCUT2D eigenvalue weighted by Crippen LogP contribution is 2.27. The van der Waals surface area contributed by atoms with Crippen LogP contribution in [0.4, 0.5) is 0 Å². The van der Waals surface area contributed by atoms with E-state index < -0.39 is 6.10 Å². The summed E-state index contributed by atoms with van der Waals surface area (Å²) < 4.78 is 10.8. The molecular weight excluding hydrogens is 256 g/mol. The van der Waals surface area contributed by atoms with Gasteiger partial charge < -0.3 is 14.4 Å². The molecule has 0 spiro atoms. The van der Waals surface area contributed by atoms with Crippen LogP contribution in [0.25, 0.3) is 0 Å². The minimum atomic E-state index is -0.581. The third-order valence-corrected chi connectivity index (χ3v) is 2.95. The van der Waals surface area contributed by atoms with Crippen molar-refractivity contribution in [3.05, 3.63) is 41.0 Å². The molecule has 2 rings (SSSR count). The van der Waals surface area contributed by atoms with Crippen molar-refractivity contribution in [2.24, 2.45) is 0 Å². The third kappa shape index (κ3) is 3.36. The third-order valence-electron chi connectivity index (χ3n) is 2.95. The van der Waals surface area contributed by atoms with E-state index in [-0.39, 0.29) is 12.5 Å². The van der Waals surface area contributed by atoms with E-state index in [4.69, 9.17) is 9.26 Å². The lowest BCUT2D eigenvalue weighted by atomic mass is 10.1. The number of hydrogen-bond acceptors (Lipinski definition) is 5. The maximum Gasteiger partial charge on any atom is 0.229 e. The maximum absolute atomic E-state index is 9.74. The van der Waals surface area contributed by atoms with Crippen molar-refractivity contribution in [1.82, 2.24) is 10.1 Å². The highest BCUT2D eigenvalue weighted by Gasteiger charge is 2.13. The van der Waals surface area contributed by atoms with Crippen LogP contribution in [-0.4, -0.2) is 15.2 Å². The van der Waals surface area contributed by atoms with Crippen LogP contribution in [0.2, 0.25) is 0 Å². The standard InChI is InChI=1S/C15H20N2O3/c1-9(2)15-16-14(17-20-15)8-19-13-7-10(3)5-6-12(13)11(4)18/h5-7,9,11,18H,8H2,1-4H3/t11-/m0/s1. The van der Waals surface area contributed by atoms with E-state index in [0.29, 0.717) is 17.5 Å². The minimum absolute atomic E-state index is 0.197. The Labute approximate surface area is 118 Å². The number of rotatable bonds is 5. The van der Waals surface area contributed by atoms with E-state index in [1.807, 2.05) is 39.0 Å². The van der Waals surface area contributed by atoms with Crippen molar-refractivity contribution in [2.45, 2.75) is 46.3 Å². The molecule has 0 radical (unpaired) electrons. The average molecular weight is 276 g/mol. The lowest BCUT2D eigenvalue weighted by Gasteiger charge is -2.13. The highest BCUT2D eigenvalue weighted by molar-refractivity contribution is 5.38. The summed E-state index contributed by atoms with van der Waals surface area (Å²) in [5.41, 5.74) is 1.82. The van der Waals surface area contributed by atoms with E-state index in [0.717, 1.165) is 11.1 Å². The largest absolute Gasteiger partial charge is 0.485 e. The van der Waals surface area contributed by atoms with Gasteiger partial charge in [-0.3, -0.25) is 0 Å². The van der Waals surface area contributed by atoms with Crippen molar-refractivity contribution in [3.63, 3.8) is 0 Å². The molecular formula is C15H20N2O3. The molecule has 0 aliphatic carbocycles. The van der Waals surface area contributed by atoms with Crippen molar-refractivity contribution in [1.29, 1.82) is 0 Å². The average Bonchev–Trinajstić information content (AvgIpc) is 2.85. The van der Waals surface area contributed by atoms with Gasteiger partial charge in [0.15, 0.2) is 6.61 Å². The summed E-state index contributed by atoms with van der Waals surface area (Å²) in [5.74, 6) is 1.95. The van der Waals surface area contributed by atoms with Crippen molar-refractivity contribution in [2.75, 3.05) is 0 Å². The number of aliphatic hydroxyl groups is 1. The summed E-state index contributed by atoms with van der Waals surface area (Å²) in [6.07, 6.45) is -0.581. The van der Waals surface area contributed by atoms with Crippen molar-refractivity contribution in [3.8, 4) is 5.75 Å². The molecule has 0 bridgehead atoms. The van der Waals surface area contributed by atoms with Gasteiger partial charge in [0.05, 0.1) is 6.10 Å². The molecule has 1 aromatic carbocycles. The Kier molecular flexibility index (Phi) is 4.39. The fourth-order valence-corrected chi connectivity index (χ4v) is 1.81. The first-order valence-electron chi connectivity index (χ1n) is 6.71. The van der Waals surface area contributed by atoms with Crippen molar-refractivity contribution >= 4 is 0 Å². The molecule has 0 aliphatic heterocycles. The summed E-state index contributed by atoms with van der Waals surface area (Å²) in [7, 11) is 0. The molecule has 108 valence electrons. The van der Waals surface area contributed by atoms with Crippen LogP contribution >= 0.6 is 0 Å². The molecule has 1 N–H and O–H groups in total. The quantitative estimate of drug-likeness (QED) is 0.908. The van der Waals surface area contributed by atoms with Gasteiger partial charge in [0.1, 0.15) is 5.75 Å². The van der Waals surface area contributed by atoms with Gasteiger partial charge >= 0.3 is 0 Å². The van der Waals surface area contributed by atoms with E-state index in [9.17, 15) is 5.11 Å². The van der Waals surface area contributed by atoms with Crippen LogP contribution in [0.1, 0.15) is 55.6 Å². The molecule has 1 atom stereocenters. The number of nitrogens with zero attached hydrogens (tertiary/aromatic N) is 2. The van der Waals surface area contributed by atoms with Crippen molar-refractivity contribution < 1.29 is 14.4 Å². The Balaban J connectivity index is 2.11. The summed E-state index contributed by atoms with van der Waals surface area (Å²) in [6, 6.07) is 5.71. The molecule has 0 unspecified atom stereocenters. The molecule has 1 aromatic heterocycles. The van der Waals surface area contributed by atoms with Gasteiger partial charge in [0.25, 0.3) is 0 Å². The van der Waals surface area contributed by atoms with Crippen LogP contribution < -0.4 is 4.74 Å². The highest BCUT2D eigenvalue weighted by atomic mass is 16.5. The second-order valence-corrected chi connectivity index (χ2v) is 5.21. The van der Waals surface area contributed by atoms with Gasteiger partial charge in [-0.1, -0.05) is 31.1 Å². The summed E-state index contributed by atoms with van der Waals surface area (Å²) in [4.78, 5) is 4.26. The normalized spacial score (nSPS) is 12.7. The Morgan fingerprint density at radius 3 is 2.65 bits per heavy atom. The SMILES string of the molecule is Cc1ccc([C@H](C)O)c(OCc2noc(C(C)C)n2)c1. The van der Waals surface area contributed by atoms with Crippen LogP contribution in [-0.2, 0) is 6.61 Å². The number of benzene rings is 1. The van der Waals surface area contributed by atoms with E-state index in [1.165, 1.54) is 0 Å². The lowest BCUT2D eigenvalue weighted by molar-refractivity contribution is 0.189. The zero-order valence-electron chi connectivity index (χ0n) is 12.3. The number of ether oxygens (including phenoxy) is 1. The molecule has 1 heterocycles. The molecule has 0 saturated heterocycles. The van der Waals surface area contributed by atoms with Crippen LogP contribution in [0, 0.1) is 6.92 Å². The molecule has 0 saturated carbocycles. The zero-order valence-corrected chi connectivity index (χ0v) is 12.3. The first-order chi connectivity index (χ1) is 9.47. The van der Waals surface area contributed by atoms with Gasteiger partial charge in [0, 0.05) is 11.5 Å². The van der Waals surface area contributed by atoms with E-state index in [2.05, 4.69) is 10.1 Å². The number of hydrogen-bond donors (Lipinski definition) is 1. The predicted molar refractivity (Wildman–Crippen MR) is 74.5 cm³/mol. The number of aryl methyl sites for hydroxylation is 1. The molecule has 5 nitrogen and oxygen atoms in total. The second-order valence-electron chi connectivity index (χ2n) is 5.21. The van der Waals surface area contributed by atoms with Crippen LogP contribution in [0.5, 0.6) is 5.75 Å². The van der Waals surface area contributed by atoms with Gasteiger partial charge in [0.2, 0.25) is 11.7 Å². The summed E-state index contributed by atoms with van der Waals surface area (Å²) in [6.45, 7) is 7.89. The summed E-state index contributed by atoms with van der Waals surface area (Å²) in [5, 5.41) is 13.6. The molecule has 0 amide bonds. The Bertz CT molecular complexity index is 576. The van der Waals surface area contributed by atoms with Gasteiger partial charge in [-0.25, -0.2) is 0 Å².